The van der Waals surface area contributed by atoms with Crippen molar-refractivity contribution in [3.05, 3.63) is 33.4 Å². The van der Waals surface area contributed by atoms with Crippen molar-refractivity contribution in [3.8, 4) is 0 Å². The maximum atomic E-state index is 13.2. The number of hydroxylamine groups is 2. The van der Waals surface area contributed by atoms with E-state index in [1.165, 1.54) is 15.6 Å². The van der Waals surface area contributed by atoms with Crippen LogP contribution in [-0.2, 0) is 9.63 Å². The Kier molecular flexibility index (Phi) is 4.36. The highest BCUT2D eigenvalue weighted by molar-refractivity contribution is 14.1. The lowest BCUT2D eigenvalue weighted by Gasteiger charge is -2.43. The fraction of sp³-hybridized carbons (Fsp3) is 0.611. The normalized spacial score (nSPS) is 34.1. The number of carbonyl (C=O) groups is 1. The lowest BCUT2D eigenvalue weighted by atomic mass is 9.75. The van der Waals surface area contributed by atoms with Crippen LogP contribution in [0.4, 0.5) is 0 Å². The van der Waals surface area contributed by atoms with Crippen molar-refractivity contribution >= 4 is 28.5 Å². The summed E-state index contributed by atoms with van der Waals surface area (Å²) in [5.41, 5.74) is 1.31. The summed E-state index contributed by atoms with van der Waals surface area (Å²) in [6.07, 6.45) is 4.38. The summed E-state index contributed by atoms with van der Waals surface area (Å²) in [5, 5.41) is 1.64. The van der Waals surface area contributed by atoms with E-state index in [1.807, 2.05) is 0 Å². The van der Waals surface area contributed by atoms with Crippen LogP contribution in [0, 0.1) is 9.49 Å². The number of fused-ring (bicyclic) bond motifs is 2. The number of halogens is 1. The summed E-state index contributed by atoms with van der Waals surface area (Å²) in [5.74, 6) is 0.539. The molecule has 5 heteroatoms. The standard InChI is InChI=1S/C18H23IN2O2/c1-20-14-7-8-16(20)17(18(22)21-9-2-10-23-21)15(11-14)12-3-5-13(19)6-4-12/h3-6,14-17H,2,7-11H2,1H3. The van der Waals surface area contributed by atoms with Gasteiger partial charge in [-0.25, -0.2) is 5.06 Å². The van der Waals surface area contributed by atoms with Crippen LogP contribution in [0.3, 0.4) is 0 Å². The zero-order valence-electron chi connectivity index (χ0n) is 13.5. The number of amides is 1. The second-order valence-electron chi connectivity index (χ2n) is 7.01. The van der Waals surface area contributed by atoms with E-state index in [0.717, 1.165) is 25.8 Å². The monoisotopic (exact) mass is 426 g/mol. The second kappa shape index (κ2) is 6.33. The molecule has 4 unspecified atom stereocenters. The lowest BCUT2D eigenvalue weighted by molar-refractivity contribution is -0.177. The van der Waals surface area contributed by atoms with Gasteiger partial charge < -0.3 is 0 Å². The number of hydrogen-bond acceptors (Lipinski definition) is 3. The van der Waals surface area contributed by atoms with Gasteiger partial charge in [-0.15, -0.1) is 0 Å². The van der Waals surface area contributed by atoms with Gasteiger partial charge in [-0.1, -0.05) is 12.1 Å². The van der Waals surface area contributed by atoms with Crippen LogP contribution in [-0.4, -0.2) is 48.2 Å². The third-order valence-electron chi connectivity index (χ3n) is 5.85. The minimum atomic E-state index is 0.0249. The topological polar surface area (TPSA) is 32.8 Å². The van der Waals surface area contributed by atoms with Crippen LogP contribution in [0.15, 0.2) is 24.3 Å². The third kappa shape index (κ3) is 2.81. The molecule has 1 aromatic rings. The van der Waals surface area contributed by atoms with Crippen LogP contribution in [0.25, 0.3) is 0 Å². The summed E-state index contributed by atoms with van der Waals surface area (Å²) in [6.45, 7) is 1.42. The van der Waals surface area contributed by atoms with E-state index in [4.69, 9.17) is 4.84 Å². The molecule has 1 aromatic carbocycles. The minimum Gasteiger partial charge on any atom is -0.300 e. The Bertz CT molecular complexity index is 585. The number of carbonyl (C=O) groups excluding carboxylic acids is 1. The average Bonchev–Trinajstić information content (AvgIpc) is 3.15. The van der Waals surface area contributed by atoms with Gasteiger partial charge in [0.25, 0.3) is 5.91 Å². The fourth-order valence-corrected chi connectivity index (χ4v) is 5.00. The zero-order valence-corrected chi connectivity index (χ0v) is 15.6. The Hall–Kier alpha value is -0.660. The van der Waals surface area contributed by atoms with Crippen molar-refractivity contribution in [2.45, 2.75) is 43.7 Å². The van der Waals surface area contributed by atoms with Crippen molar-refractivity contribution in [1.82, 2.24) is 9.96 Å². The number of benzene rings is 1. The molecule has 0 spiro atoms. The quantitative estimate of drug-likeness (QED) is 0.682. The van der Waals surface area contributed by atoms with Gasteiger partial charge in [0.15, 0.2) is 0 Å². The van der Waals surface area contributed by atoms with Gasteiger partial charge in [0, 0.05) is 15.7 Å². The molecule has 1 amide bonds. The summed E-state index contributed by atoms with van der Waals surface area (Å²) < 4.78 is 1.24. The Morgan fingerprint density at radius 1 is 1.26 bits per heavy atom. The van der Waals surface area contributed by atoms with Gasteiger partial charge >= 0.3 is 0 Å². The second-order valence-corrected chi connectivity index (χ2v) is 8.26. The van der Waals surface area contributed by atoms with E-state index in [9.17, 15) is 4.79 Å². The molecule has 3 aliphatic heterocycles. The van der Waals surface area contributed by atoms with E-state index in [0.29, 0.717) is 24.6 Å². The van der Waals surface area contributed by atoms with Crippen molar-refractivity contribution in [3.63, 3.8) is 0 Å². The molecule has 4 nitrogen and oxygen atoms in total. The van der Waals surface area contributed by atoms with Gasteiger partial charge in [-0.05, 0) is 78.9 Å². The number of nitrogens with zero attached hydrogens (tertiary/aromatic N) is 2. The van der Waals surface area contributed by atoms with Gasteiger partial charge in [-0.3, -0.25) is 14.5 Å². The lowest BCUT2D eigenvalue weighted by Crippen LogP contribution is -2.51. The number of piperidine rings is 1. The minimum absolute atomic E-state index is 0.0249. The molecule has 124 valence electrons. The maximum absolute atomic E-state index is 13.2. The first-order valence-corrected chi connectivity index (χ1v) is 9.64. The van der Waals surface area contributed by atoms with Crippen molar-refractivity contribution in [1.29, 1.82) is 0 Å². The van der Waals surface area contributed by atoms with Crippen LogP contribution < -0.4 is 0 Å². The van der Waals surface area contributed by atoms with Crippen molar-refractivity contribution in [2.75, 3.05) is 20.2 Å². The predicted octanol–water partition coefficient (Wildman–Crippen LogP) is 3.02. The molecule has 0 aromatic heterocycles. The van der Waals surface area contributed by atoms with Crippen molar-refractivity contribution < 1.29 is 9.63 Å². The molecule has 23 heavy (non-hydrogen) atoms. The molecular formula is C18H23IN2O2. The summed E-state index contributed by atoms with van der Waals surface area (Å²) in [6, 6.07) is 9.71. The first-order chi connectivity index (χ1) is 11.1. The van der Waals surface area contributed by atoms with Gasteiger partial charge in [-0.2, -0.15) is 0 Å². The predicted molar refractivity (Wildman–Crippen MR) is 96.9 cm³/mol. The van der Waals surface area contributed by atoms with E-state index in [-0.39, 0.29) is 11.8 Å². The molecule has 2 bridgehead atoms. The highest BCUT2D eigenvalue weighted by atomic mass is 127. The number of rotatable bonds is 2. The SMILES string of the molecule is CN1C2CCC1C(C(=O)N1CCCO1)C(c1ccc(I)cc1)C2. The molecule has 3 fully saturated rings. The molecule has 0 aliphatic carbocycles. The highest BCUT2D eigenvalue weighted by Crippen LogP contribution is 2.47. The van der Waals surface area contributed by atoms with Crippen LogP contribution in [0.2, 0.25) is 0 Å². The molecular weight excluding hydrogens is 403 g/mol. The van der Waals surface area contributed by atoms with Crippen LogP contribution >= 0.6 is 22.6 Å². The van der Waals surface area contributed by atoms with Gasteiger partial charge in [0.2, 0.25) is 0 Å². The molecule has 3 heterocycles. The highest BCUT2D eigenvalue weighted by Gasteiger charge is 2.50. The Labute approximate surface area is 151 Å². The Balaban J connectivity index is 1.67. The van der Waals surface area contributed by atoms with Crippen LogP contribution in [0.5, 0.6) is 0 Å². The van der Waals surface area contributed by atoms with E-state index in [2.05, 4.69) is 58.8 Å². The van der Waals surface area contributed by atoms with Crippen molar-refractivity contribution in [2.24, 2.45) is 5.92 Å². The fourth-order valence-electron chi connectivity index (χ4n) is 4.64. The largest absolute Gasteiger partial charge is 0.300 e. The molecule has 3 aliphatic rings. The summed E-state index contributed by atoms with van der Waals surface area (Å²) in [4.78, 5) is 21.2. The summed E-state index contributed by atoms with van der Waals surface area (Å²) >= 11 is 2.34. The zero-order chi connectivity index (χ0) is 16.0. The maximum Gasteiger partial charge on any atom is 0.251 e. The van der Waals surface area contributed by atoms with E-state index in [1.54, 1.807) is 5.06 Å². The Morgan fingerprint density at radius 2 is 2.04 bits per heavy atom. The molecule has 4 atom stereocenters. The molecule has 3 saturated heterocycles. The summed E-state index contributed by atoms with van der Waals surface area (Å²) in [7, 11) is 2.19. The van der Waals surface area contributed by atoms with Crippen LogP contribution in [0.1, 0.15) is 37.2 Å². The molecule has 0 radical (unpaired) electrons. The van der Waals surface area contributed by atoms with Gasteiger partial charge in [0.05, 0.1) is 19.1 Å². The Morgan fingerprint density at radius 3 is 2.74 bits per heavy atom. The number of hydrogen-bond donors (Lipinski definition) is 0. The van der Waals surface area contributed by atoms with Gasteiger partial charge in [0.1, 0.15) is 0 Å². The third-order valence-corrected chi connectivity index (χ3v) is 6.57. The molecule has 4 rings (SSSR count). The molecule has 0 saturated carbocycles. The molecule has 0 N–H and O–H groups in total. The average molecular weight is 426 g/mol. The first-order valence-electron chi connectivity index (χ1n) is 8.57. The van der Waals surface area contributed by atoms with E-state index < -0.39 is 0 Å². The van der Waals surface area contributed by atoms with E-state index >= 15 is 0 Å². The first kappa shape index (κ1) is 15.8. The smallest absolute Gasteiger partial charge is 0.251 e.